The maximum Gasteiger partial charge on any atom is 0.328 e. The Morgan fingerprint density at radius 3 is 1.69 bits per heavy atom. The lowest BCUT2D eigenvalue weighted by atomic mass is 10.1. The summed E-state index contributed by atoms with van der Waals surface area (Å²) in [5.74, 6) is -0.962. The summed E-state index contributed by atoms with van der Waals surface area (Å²) in [6.45, 7) is 0.283. The maximum absolute atomic E-state index is 10.2. The van der Waals surface area contributed by atoms with Gasteiger partial charge < -0.3 is 15.3 Å². The van der Waals surface area contributed by atoms with E-state index in [9.17, 15) is 9.90 Å². The monoisotopic (exact) mass is 360 g/mol. The summed E-state index contributed by atoms with van der Waals surface area (Å²) < 4.78 is 0. The van der Waals surface area contributed by atoms with Crippen LogP contribution in [-0.2, 0) is 4.79 Å². The predicted octanol–water partition coefficient (Wildman–Crippen LogP) is 4.49. The van der Waals surface area contributed by atoms with Crippen LogP contribution in [0.3, 0.4) is 0 Å². The first-order chi connectivity index (χ1) is 12.7. The Kier molecular flexibility index (Phi) is 17.6. The third-order valence-corrected chi connectivity index (χ3v) is 3.48. The van der Waals surface area contributed by atoms with Gasteiger partial charge in [-0.1, -0.05) is 98.9 Å². The standard InChI is InChI=1S/C22H32O4/c23-20-16-12-8-7-10-14-18-21(24)17-13-9-5-3-1-2-4-6-11-15-19-22(25)26/h1-6,9,11,13,15,17,19,21,23-24H,7-8,10,12,14,16,18,20H2,(H,25,26). The Morgan fingerprint density at radius 1 is 0.692 bits per heavy atom. The van der Waals surface area contributed by atoms with E-state index in [0.717, 1.165) is 44.6 Å². The Labute approximate surface area is 157 Å². The number of aliphatic hydroxyl groups is 2. The minimum absolute atomic E-state index is 0.283. The zero-order valence-corrected chi connectivity index (χ0v) is 15.4. The number of rotatable bonds is 15. The van der Waals surface area contributed by atoms with Crippen LogP contribution in [0.4, 0.5) is 0 Å². The molecule has 26 heavy (non-hydrogen) atoms. The Balaban J connectivity index is 3.73. The summed E-state index contributed by atoms with van der Waals surface area (Å²) in [4.78, 5) is 10.2. The highest BCUT2D eigenvalue weighted by Gasteiger charge is 1.98. The van der Waals surface area contributed by atoms with Gasteiger partial charge in [-0.2, -0.15) is 0 Å². The van der Waals surface area contributed by atoms with Crippen LogP contribution in [0.25, 0.3) is 0 Å². The second kappa shape index (κ2) is 19.2. The summed E-state index contributed by atoms with van der Waals surface area (Å²) in [5.41, 5.74) is 0. The first kappa shape index (κ1) is 23.8. The van der Waals surface area contributed by atoms with Gasteiger partial charge in [0.1, 0.15) is 0 Å². The van der Waals surface area contributed by atoms with Crippen LogP contribution < -0.4 is 0 Å². The average Bonchev–Trinajstić information content (AvgIpc) is 2.61. The predicted molar refractivity (Wildman–Crippen MR) is 108 cm³/mol. The molecule has 0 aliphatic carbocycles. The largest absolute Gasteiger partial charge is 0.478 e. The van der Waals surface area contributed by atoms with Crippen molar-refractivity contribution < 1.29 is 20.1 Å². The molecular formula is C22H32O4. The van der Waals surface area contributed by atoms with Gasteiger partial charge >= 0.3 is 5.97 Å². The molecule has 0 amide bonds. The molecule has 144 valence electrons. The van der Waals surface area contributed by atoms with E-state index in [2.05, 4.69) is 0 Å². The molecule has 0 bridgehead atoms. The van der Waals surface area contributed by atoms with Crippen LogP contribution >= 0.6 is 0 Å². The highest BCUT2D eigenvalue weighted by molar-refractivity contribution is 5.80. The summed E-state index contributed by atoms with van der Waals surface area (Å²) in [6.07, 6.45) is 27.5. The van der Waals surface area contributed by atoms with Crippen molar-refractivity contribution in [3.05, 3.63) is 72.9 Å². The molecule has 0 aromatic heterocycles. The zero-order valence-electron chi connectivity index (χ0n) is 15.4. The van der Waals surface area contributed by atoms with Crippen molar-refractivity contribution in [1.82, 2.24) is 0 Å². The molecule has 0 aliphatic rings. The number of unbranched alkanes of at least 4 members (excludes halogenated alkanes) is 5. The molecule has 0 aliphatic heterocycles. The van der Waals surface area contributed by atoms with Crippen LogP contribution in [0, 0.1) is 0 Å². The summed E-state index contributed by atoms with van der Waals surface area (Å²) in [5, 5.41) is 26.9. The molecule has 4 nitrogen and oxygen atoms in total. The lowest BCUT2D eigenvalue weighted by molar-refractivity contribution is -0.131. The van der Waals surface area contributed by atoms with E-state index in [0.29, 0.717) is 0 Å². The van der Waals surface area contributed by atoms with E-state index in [1.165, 1.54) is 12.5 Å². The van der Waals surface area contributed by atoms with E-state index in [1.54, 1.807) is 24.3 Å². The molecule has 0 spiro atoms. The van der Waals surface area contributed by atoms with Crippen LogP contribution in [0.1, 0.15) is 44.9 Å². The Hall–Kier alpha value is -2.17. The van der Waals surface area contributed by atoms with Crippen molar-refractivity contribution in [3.8, 4) is 0 Å². The van der Waals surface area contributed by atoms with Gasteiger partial charge in [-0.05, 0) is 12.8 Å². The SMILES string of the molecule is O=C(O)C=CC=CC=CC=CC=CC=CC(O)CCCCCCCCO. The third-order valence-electron chi connectivity index (χ3n) is 3.48. The van der Waals surface area contributed by atoms with Gasteiger partial charge in [0.05, 0.1) is 6.10 Å². The second-order valence-corrected chi connectivity index (χ2v) is 5.82. The number of aliphatic hydroxyl groups excluding tert-OH is 2. The highest BCUT2D eigenvalue weighted by atomic mass is 16.4. The number of carbonyl (C=O) groups is 1. The van der Waals surface area contributed by atoms with Crippen molar-refractivity contribution in [1.29, 1.82) is 0 Å². The molecule has 0 fully saturated rings. The van der Waals surface area contributed by atoms with E-state index in [1.807, 2.05) is 36.5 Å². The smallest absolute Gasteiger partial charge is 0.328 e. The molecule has 0 radical (unpaired) electrons. The van der Waals surface area contributed by atoms with Gasteiger partial charge in [0.2, 0.25) is 0 Å². The number of hydrogen-bond donors (Lipinski definition) is 3. The maximum atomic E-state index is 10.2. The number of allylic oxidation sites excluding steroid dienone is 10. The third kappa shape index (κ3) is 19.9. The average molecular weight is 360 g/mol. The summed E-state index contributed by atoms with van der Waals surface area (Å²) >= 11 is 0. The van der Waals surface area contributed by atoms with Crippen molar-refractivity contribution in [3.63, 3.8) is 0 Å². The Bertz CT molecular complexity index is 510. The van der Waals surface area contributed by atoms with Gasteiger partial charge in [-0.15, -0.1) is 0 Å². The minimum atomic E-state index is -0.962. The molecule has 3 N–H and O–H groups in total. The molecule has 0 heterocycles. The van der Waals surface area contributed by atoms with Gasteiger partial charge in [-0.25, -0.2) is 4.79 Å². The summed E-state index contributed by atoms with van der Waals surface area (Å²) in [7, 11) is 0. The first-order valence-corrected chi connectivity index (χ1v) is 9.20. The number of carboxylic acids is 1. The lowest BCUT2D eigenvalue weighted by Gasteiger charge is -2.04. The highest BCUT2D eigenvalue weighted by Crippen LogP contribution is 2.09. The molecule has 0 saturated carbocycles. The topological polar surface area (TPSA) is 77.8 Å². The Morgan fingerprint density at radius 2 is 1.15 bits per heavy atom. The number of aliphatic carboxylic acids is 1. The molecule has 0 saturated heterocycles. The van der Waals surface area contributed by atoms with E-state index in [-0.39, 0.29) is 6.61 Å². The molecule has 0 aromatic rings. The molecule has 4 heteroatoms. The molecule has 1 unspecified atom stereocenters. The molecule has 0 aromatic carbocycles. The quantitative estimate of drug-likeness (QED) is 0.228. The van der Waals surface area contributed by atoms with Crippen molar-refractivity contribution in [2.45, 2.75) is 51.0 Å². The van der Waals surface area contributed by atoms with Crippen LogP contribution in [0.15, 0.2) is 72.9 Å². The van der Waals surface area contributed by atoms with E-state index >= 15 is 0 Å². The van der Waals surface area contributed by atoms with Gasteiger partial charge in [0.25, 0.3) is 0 Å². The fourth-order valence-corrected chi connectivity index (χ4v) is 2.11. The van der Waals surface area contributed by atoms with Crippen molar-refractivity contribution >= 4 is 5.97 Å². The number of hydrogen-bond acceptors (Lipinski definition) is 3. The summed E-state index contributed by atoms with van der Waals surface area (Å²) in [6, 6.07) is 0. The van der Waals surface area contributed by atoms with Crippen LogP contribution in [-0.4, -0.2) is 34.0 Å². The van der Waals surface area contributed by atoms with Gasteiger partial charge in [-0.3, -0.25) is 0 Å². The minimum Gasteiger partial charge on any atom is -0.478 e. The van der Waals surface area contributed by atoms with Crippen molar-refractivity contribution in [2.24, 2.45) is 0 Å². The normalized spacial score (nSPS) is 14.2. The van der Waals surface area contributed by atoms with Crippen LogP contribution in [0.5, 0.6) is 0 Å². The molecule has 1 atom stereocenters. The lowest BCUT2D eigenvalue weighted by Crippen LogP contribution is -2.01. The second-order valence-electron chi connectivity index (χ2n) is 5.82. The van der Waals surface area contributed by atoms with Crippen LogP contribution in [0.2, 0.25) is 0 Å². The number of carboxylic acid groups (broad SMARTS) is 1. The van der Waals surface area contributed by atoms with E-state index in [4.69, 9.17) is 10.2 Å². The van der Waals surface area contributed by atoms with Crippen molar-refractivity contribution in [2.75, 3.05) is 6.61 Å². The van der Waals surface area contributed by atoms with Gasteiger partial charge in [0.15, 0.2) is 0 Å². The zero-order chi connectivity index (χ0) is 19.3. The fourth-order valence-electron chi connectivity index (χ4n) is 2.11. The van der Waals surface area contributed by atoms with E-state index < -0.39 is 12.1 Å². The van der Waals surface area contributed by atoms with Gasteiger partial charge in [0, 0.05) is 12.7 Å². The molecular weight excluding hydrogens is 328 g/mol. The molecule has 0 rings (SSSR count). The fraction of sp³-hybridized carbons (Fsp3) is 0.409. The first-order valence-electron chi connectivity index (χ1n) is 9.20.